The number of H-pyrrole nitrogens is 1. The average Bonchev–Trinajstić information content (AvgIpc) is 2.57. The number of halogens is 1. The standard InChI is InChI=1S/C7H10ClN3O/c8-3-7(12)10-2-1-6-4-9-5-11-6/h4-5H,1-3H2,(H,9,11)(H,10,12). The third-order valence-corrected chi connectivity index (χ3v) is 1.64. The number of aromatic nitrogens is 2. The van der Waals surface area contributed by atoms with E-state index in [4.69, 9.17) is 11.6 Å². The molecule has 0 saturated heterocycles. The van der Waals surface area contributed by atoms with Crippen molar-refractivity contribution in [2.75, 3.05) is 12.4 Å². The number of carbonyl (C=O) groups excluding carboxylic acids is 1. The highest BCUT2D eigenvalue weighted by Crippen LogP contribution is 1.90. The lowest BCUT2D eigenvalue weighted by Crippen LogP contribution is -2.26. The van der Waals surface area contributed by atoms with Gasteiger partial charge in [-0.25, -0.2) is 4.98 Å². The summed E-state index contributed by atoms with van der Waals surface area (Å²) >= 11 is 5.28. The van der Waals surface area contributed by atoms with Gasteiger partial charge in [-0.1, -0.05) is 0 Å². The summed E-state index contributed by atoms with van der Waals surface area (Å²) in [7, 11) is 0. The van der Waals surface area contributed by atoms with Gasteiger partial charge in [-0.05, 0) is 0 Å². The van der Waals surface area contributed by atoms with E-state index in [2.05, 4.69) is 15.3 Å². The Morgan fingerprint density at radius 2 is 2.58 bits per heavy atom. The van der Waals surface area contributed by atoms with Crippen molar-refractivity contribution in [2.24, 2.45) is 0 Å². The molecule has 0 aromatic carbocycles. The lowest BCUT2D eigenvalue weighted by molar-refractivity contribution is -0.118. The van der Waals surface area contributed by atoms with Crippen LogP contribution in [0.2, 0.25) is 0 Å². The maximum Gasteiger partial charge on any atom is 0.234 e. The molecule has 0 atom stereocenters. The summed E-state index contributed by atoms with van der Waals surface area (Å²) in [6, 6.07) is 0. The molecule has 1 aromatic heterocycles. The van der Waals surface area contributed by atoms with Gasteiger partial charge in [0.2, 0.25) is 5.91 Å². The quantitative estimate of drug-likeness (QED) is 0.667. The Kier molecular flexibility index (Phi) is 3.60. The van der Waals surface area contributed by atoms with E-state index in [9.17, 15) is 4.79 Å². The minimum Gasteiger partial charge on any atom is -0.355 e. The van der Waals surface area contributed by atoms with Crippen LogP contribution in [-0.4, -0.2) is 28.3 Å². The number of carbonyl (C=O) groups is 1. The normalized spacial score (nSPS) is 9.75. The molecule has 2 N–H and O–H groups in total. The molecule has 0 spiro atoms. The molecule has 0 aliphatic heterocycles. The van der Waals surface area contributed by atoms with Crippen LogP contribution in [0.1, 0.15) is 5.69 Å². The summed E-state index contributed by atoms with van der Waals surface area (Å²) in [5.41, 5.74) is 1.00. The van der Waals surface area contributed by atoms with Crippen molar-refractivity contribution in [3.05, 3.63) is 18.2 Å². The Bertz CT molecular complexity index is 235. The molecule has 0 aliphatic carbocycles. The number of amides is 1. The van der Waals surface area contributed by atoms with E-state index in [0.29, 0.717) is 6.54 Å². The Balaban J connectivity index is 2.15. The molecule has 0 aliphatic rings. The first-order valence-electron chi connectivity index (χ1n) is 3.63. The Morgan fingerprint density at radius 3 is 3.17 bits per heavy atom. The van der Waals surface area contributed by atoms with E-state index in [1.165, 1.54) is 0 Å². The van der Waals surface area contributed by atoms with Crippen LogP contribution in [0.5, 0.6) is 0 Å². The summed E-state index contributed by atoms with van der Waals surface area (Å²) in [5, 5.41) is 2.65. The maximum absolute atomic E-state index is 10.7. The maximum atomic E-state index is 10.7. The Labute approximate surface area is 75.3 Å². The molecule has 66 valence electrons. The SMILES string of the molecule is O=C(CCl)NCCc1cnc[nH]1. The molecule has 5 heteroatoms. The van der Waals surface area contributed by atoms with Gasteiger partial charge in [0, 0.05) is 24.9 Å². The van der Waals surface area contributed by atoms with E-state index in [0.717, 1.165) is 12.1 Å². The van der Waals surface area contributed by atoms with Crippen molar-refractivity contribution < 1.29 is 4.79 Å². The Morgan fingerprint density at radius 1 is 1.75 bits per heavy atom. The lowest BCUT2D eigenvalue weighted by atomic mass is 10.3. The number of aromatic amines is 1. The van der Waals surface area contributed by atoms with Crippen molar-refractivity contribution in [1.82, 2.24) is 15.3 Å². The molecule has 0 unspecified atom stereocenters. The second-order valence-corrected chi connectivity index (χ2v) is 2.58. The van der Waals surface area contributed by atoms with Gasteiger partial charge in [0.15, 0.2) is 0 Å². The lowest BCUT2D eigenvalue weighted by Gasteiger charge is -1.99. The van der Waals surface area contributed by atoms with Crippen molar-refractivity contribution in [3.63, 3.8) is 0 Å². The minimum atomic E-state index is -0.142. The highest BCUT2D eigenvalue weighted by molar-refractivity contribution is 6.27. The number of rotatable bonds is 4. The van der Waals surface area contributed by atoms with E-state index in [1.54, 1.807) is 12.5 Å². The molecule has 0 bridgehead atoms. The topological polar surface area (TPSA) is 57.8 Å². The van der Waals surface area contributed by atoms with Gasteiger partial charge in [0.25, 0.3) is 0 Å². The number of hydrogen-bond acceptors (Lipinski definition) is 2. The first kappa shape index (κ1) is 9.06. The molecule has 0 radical (unpaired) electrons. The van der Waals surface area contributed by atoms with Crippen LogP contribution in [0, 0.1) is 0 Å². The fourth-order valence-corrected chi connectivity index (χ4v) is 0.900. The summed E-state index contributed by atoms with van der Waals surface area (Å²) < 4.78 is 0. The van der Waals surface area contributed by atoms with Crippen LogP contribution in [0.15, 0.2) is 12.5 Å². The van der Waals surface area contributed by atoms with Crippen LogP contribution in [0.3, 0.4) is 0 Å². The number of alkyl halides is 1. The van der Waals surface area contributed by atoms with Crippen LogP contribution in [0.25, 0.3) is 0 Å². The third-order valence-electron chi connectivity index (χ3n) is 1.39. The number of imidazole rings is 1. The van der Waals surface area contributed by atoms with Gasteiger partial charge >= 0.3 is 0 Å². The van der Waals surface area contributed by atoms with Crippen LogP contribution >= 0.6 is 11.6 Å². The van der Waals surface area contributed by atoms with Crippen LogP contribution in [-0.2, 0) is 11.2 Å². The predicted molar refractivity (Wildman–Crippen MR) is 46.0 cm³/mol. The van der Waals surface area contributed by atoms with Crippen molar-refractivity contribution in [2.45, 2.75) is 6.42 Å². The van der Waals surface area contributed by atoms with E-state index in [1.807, 2.05) is 0 Å². The summed E-state index contributed by atoms with van der Waals surface area (Å²) in [4.78, 5) is 17.5. The zero-order chi connectivity index (χ0) is 8.81. The number of nitrogens with one attached hydrogen (secondary N) is 2. The third kappa shape index (κ3) is 2.92. The minimum absolute atomic E-state index is 0.0168. The van der Waals surface area contributed by atoms with Gasteiger partial charge in [-0.3, -0.25) is 4.79 Å². The molecule has 1 rings (SSSR count). The molecule has 0 saturated carbocycles. The van der Waals surface area contributed by atoms with Crippen LogP contribution in [0.4, 0.5) is 0 Å². The molecule has 1 aromatic rings. The molecule has 1 heterocycles. The highest BCUT2D eigenvalue weighted by atomic mass is 35.5. The van der Waals surface area contributed by atoms with E-state index < -0.39 is 0 Å². The monoisotopic (exact) mass is 187 g/mol. The molecule has 12 heavy (non-hydrogen) atoms. The predicted octanol–water partition coefficient (Wildman–Crippen LogP) is 0.307. The van der Waals surface area contributed by atoms with E-state index >= 15 is 0 Å². The molecule has 4 nitrogen and oxygen atoms in total. The largest absolute Gasteiger partial charge is 0.355 e. The van der Waals surface area contributed by atoms with Crippen molar-refractivity contribution >= 4 is 17.5 Å². The fourth-order valence-electron chi connectivity index (χ4n) is 0.805. The van der Waals surface area contributed by atoms with Crippen molar-refractivity contribution in [3.8, 4) is 0 Å². The highest BCUT2D eigenvalue weighted by Gasteiger charge is 1.97. The van der Waals surface area contributed by atoms with Gasteiger partial charge in [-0.15, -0.1) is 11.6 Å². The fraction of sp³-hybridized carbons (Fsp3) is 0.429. The molecular weight excluding hydrogens is 178 g/mol. The zero-order valence-corrected chi connectivity index (χ0v) is 7.27. The summed E-state index contributed by atoms with van der Waals surface area (Å²) in [6.07, 6.45) is 4.09. The van der Waals surface area contributed by atoms with Gasteiger partial charge in [0.05, 0.1) is 6.33 Å². The second-order valence-electron chi connectivity index (χ2n) is 2.31. The first-order chi connectivity index (χ1) is 5.83. The second kappa shape index (κ2) is 4.77. The Hall–Kier alpha value is -1.03. The number of nitrogens with zero attached hydrogens (tertiary/aromatic N) is 1. The summed E-state index contributed by atoms with van der Waals surface area (Å²) in [6.45, 7) is 0.591. The molecule has 0 fully saturated rings. The van der Waals surface area contributed by atoms with Crippen molar-refractivity contribution in [1.29, 1.82) is 0 Å². The molecular formula is C7H10ClN3O. The summed E-state index contributed by atoms with van der Waals surface area (Å²) in [5.74, 6) is -0.126. The van der Waals surface area contributed by atoms with Crippen LogP contribution < -0.4 is 5.32 Å². The molecule has 1 amide bonds. The van der Waals surface area contributed by atoms with Gasteiger partial charge < -0.3 is 10.3 Å². The smallest absolute Gasteiger partial charge is 0.234 e. The zero-order valence-electron chi connectivity index (χ0n) is 6.51. The van der Waals surface area contributed by atoms with E-state index in [-0.39, 0.29) is 11.8 Å². The van der Waals surface area contributed by atoms with Gasteiger partial charge in [-0.2, -0.15) is 0 Å². The first-order valence-corrected chi connectivity index (χ1v) is 4.16. The number of hydrogen-bond donors (Lipinski definition) is 2. The average molecular weight is 188 g/mol. The van der Waals surface area contributed by atoms with Gasteiger partial charge in [0.1, 0.15) is 5.88 Å².